The minimum Gasteiger partial charge on any atom is -0.306 e. The lowest BCUT2D eigenvalue weighted by Gasteiger charge is -2.13. The van der Waals surface area contributed by atoms with Gasteiger partial charge in [-0.25, -0.2) is 13.6 Å². The lowest BCUT2D eigenvalue weighted by atomic mass is 10.1. The molecule has 0 saturated carbocycles. The highest BCUT2D eigenvalue weighted by atomic mass is 79.9. The first-order valence-electron chi connectivity index (χ1n) is 6.16. The lowest BCUT2D eigenvalue weighted by molar-refractivity contribution is 0.262. The van der Waals surface area contributed by atoms with Crippen LogP contribution in [-0.2, 0) is 0 Å². The Morgan fingerprint density at radius 3 is 2.43 bits per heavy atom. The van der Waals surface area contributed by atoms with E-state index in [0.717, 1.165) is 21.7 Å². The summed E-state index contributed by atoms with van der Waals surface area (Å²) in [7, 11) is 0. The van der Waals surface area contributed by atoms with Gasteiger partial charge in [0.25, 0.3) is 0 Å². The second-order valence-electron chi connectivity index (χ2n) is 4.64. The number of urea groups is 1. The summed E-state index contributed by atoms with van der Waals surface area (Å²) >= 11 is 3.37. The summed E-state index contributed by atoms with van der Waals surface area (Å²) in [5.41, 5.74) is 2.43. The molecule has 0 bridgehead atoms. The number of carbonyl (C=O) groups excluding carboxylic acids is 1. The van der Waals surface area contributed by atoms with Crippen molar-refractivity contribution in [3.05, 3.63) is 57.6 Å². The highest BCUT2D eigenvalue weighted by Gasteiger charge is 2.11. The van der Waals surface area contributed by atoms with Crippen LogP contribution in [0, 0.1) is 25.5 Å². The van der Waals surface area contributed by atoms with Gasteiger partial charge in [-0.05, 0) is 59.1 Å². The Morgan fingerprint density at radius 1 is 1.10 bits per heavy atom. The van der Waals surface area contributed by atoms with E-state index < -0.39 is 17.7 Å². The van der Waals surface area contributed by atoms with Crippen LogP contribution >= 0.6 is 15.9 Å². The molecule has 0 heterocycles. The third-order valence-electron chi connectivity index (χ3n) is 2.85. The largest absolute Gasteiger partial charge is 0.323 e. The molecule has 0 atom stereocenters. The van der Waals surface area contributed by atoms with Gasteiger partial charge in [-0.2, -0.15) is 0 Å². The van der Waals surface area contributed by atoms with E-state index in [4.69, 9.17) is 0 Å². The number of nitrogens with one attached hydrogen (secondary N) is 2. The molecular formula is C15H13BrF2N2O. The fourth-order valence-corrected chi connectivity index (χ4v) is 2.70. The molecule has 2 N–H and O–H groups in total. The molecular weight excluding hydrogens is 342 g/mol. The summed E-state index contributed by atoms with van der Waals surface area (Å²) in [5, 5.41) is 4.98. The summed E-state index contributed by atoms with van der Waals surface area (Å²) in [4.78, 5) is 11.9. The molecule has 0 aliphatic carbocycles. The number of aryl methyl sites for hydroxylation is 2. The fourth-order valence-electron chi connectivity index (χ4n) is 1.93. The van der Waals surface area contributed by atoms with Crippen molar-refractivity contribution in [3.63, 3.8) is 0 Å². The Labute approximate surface area is 129 Å². The van der Waals surface area contributed by atoms with Gasteiger partial charge in [-0.1, -0.05) is 6.07 Å². The zero-order chi connectivity index (χ0) is 15.6. The molecule has 2 amide bonds. The second-order valence-corrected chi connectivity index (χ2v) is 5.50. The van der Waals surface area contributed by atoms with E-state index in [9.17, 15) is 13.6 Å². The summed E-state index contributed by atoms with van der Waals surface area (Å²) in [5.74, 6) is -1.53. The Hall–Kier alpha value is -1.95. The van der Waals surface area contributed by atoms with Crippen LogP contribution in [0.2, 0.25) is 0 Å². The Balaban J connectivity index is 2.16. The third kappa shape index (κ3) is 3.78. The number of hydrogen-bond acceptors (Lipinski definition) is 1. The van der Waals surface area contributed by atoms with Crippen molar-refractivity contribution in [2.75, 3.05) is 10.6 Å². The van der Waals surface area contributed by atoms with Crippen LogP contribution < -0.4 is 10.6 Å². The van der Waals surface area contributed by atoms with Crippen molar-refractivity contribution in [1.29, 1.82) is 0 Å². The standard InChI is InChI=1S/C15H13BrF2N2O/c1-8-5-9(2)14(11(16)6-8)20-15(21)19-13-4-3-10(17)7-12(13)18/h3-7H,1-2H3,(H2,19,20,21). The normalized spacial score (nSPS) is 10.3. The van der Waals surface area contributed by atoms with Crippen LogP contribution in [0.5, 0.6) is 0 Å². The predicted molar refractivity (Wildman–Crippen MR) is 82.6 cm³/mol. The van der Waals surface area contributed by atoms with Gasteiger partial charge in [-0.15, -0.1) is 0 Å². The third-order valence-corrected chi connectivity index (χ3v) is 3.48. The van der Waals surface area contributed by atoms with Gasteiger partial charge in [-0.3, -0.25) is 0 Å². The number of rotatable bonds is 2. The second kappa shape index (κ2) is 6.22. The minimum atomic E-state index is -0.829. The molecule has 2 aromatic carbocycles. The molecule has 0 radical (unpaired) electrons. The van der Waals surface area contributed by atoms with Crippen molar-refractivity contribution in [1.82, 2.24) is 0 Å². The van der Waals surface area contributed by atoms with Gasteiger partial charge < -0.3 is 10.6 Å². The molecule has 21 heavy (non-hydrogen) atoms. The van der Waals surface area contributed by atoms with Crippen molar-refractivity contribution >= 4 is 33.3 Å². The van der Waals surface area contributed by atoms with E-state index in [1.165, 1.54) is 6.07 Å². The topological polar surface area (TPSA) is 41.1 Å². The zero-order valence-electron chi connectivity index (χ0n) is 11.4. The van der Waals surface area contributed by atoms with E-state index in [1.807, 2.05) is 26.0 Å². The molecule has 3 nitrogen and oxygen atoms in total. The monoisotopic (exact) mass is 354 g/mol. The zero-order valence-corrected chi connectivity index (χ0v) is 13.0. The Kier molecular flexibility index (Phi) is 4.57. The Bertz CT molecular complexity index is 681. The quantitative estimate of drug-likeness (QED) is 0.783. The van der Waals surface area contributed by atoms with E-state index in [1.54, 1.807) is 0 Å². The summed E-state index contributed by atoms with van der Waals surface area (Å²) in [6.07, 6.45) is 0. The summed E-state index contributed by atoms with van der Waals surface area (Å²) in [6, 6.07) is 6.13. The van der Waals surface area contributed by atoms with Gasteiger partial charge in [0.2, 0.25) is 0 Å². The van der Waals surface area contributed by atoms with Crippen LogP contribution in [0.25, 0.3) is 0 Å². The number of amides is 2. The number of carbonyl (C=O) groups is 1. The molecule has 0 fully saturated rings. The van der Waals surface area contributed by atoms with Crippen LogP contribution in [0.4, 0.5) is 25.0 Å². The maximum absolute atomic E-state index is 13.5. The van der Waals surface area contributed by atoms with Crippen LogP contribution in [0.1, 0.15) is 11.1 Å². The SMILES string of the molecule is Cc1cc(C)c(NC(=O)Nc2ccc(F)cc2F)c(Br)c1. The van der Waals surface area contributed by atoms with Crippen molar-refractivity contribution < 1.29 is 13.6 Å². The highest BCUT2D eigenvalue weighted by Crippen LogP contribution is 2.28. The molecule has 0 spiro atoms. The number of anilines is 2. The van der Waals surface area contributed by atoms with Crippen LogP contribution in [0.15, 0.2) is 34.8 Å². The summed E-state index contributed by atoms with van der Waals surface area (Å²) in [6.45, 7) is 3.79. The molecule has 110 valence electrons. The molecule has 0 saturated heterocycles. The van der Waals surface area contributed by atoms with Crippen molar-refractivity contribution in [2.45, 2.75) is 13.8 Å². The smallest absolute Gasteiger partial charge is 0.306 e. The van der Waals surface area contributed by atoms with Crippen LogP contribution in [-0.4, -0.2) is 6.03 Å². The molecule has 0 aromatic heterocycles. The van der Waals surface area contributed by atoms with Gasteiger partial charge in [0.15, 0.2) is 0 Å². The fraction of sp³-hybridized carbons (Fsp3) is 0.133. The first-order valence-corrected chi connectivity index (χ1v) is 6.96. The minimum absolute atomic E-state index is 0.0882. The van der Waals surface area contributed by atoms with E-state index in [2.05, 4.69) is 26.6 Å². The predicted octanol–water partition coefficient (Wildman–Crippen LogP) is 4.99. The maximum atomic E-state index is 13.5. The molecule has 2 aromatic rings. The molecule has 0 aliphatic rings. The van der Waals surface area contributed by atoms with Gasteiger partial charge >= 0.3 is 6.03 Å². The Morgan fingerprint density at radius 2 is 1.81 bits per heavy atom. The molecule has 6 heteroatoms. The van der Waals surface area contributed by atoms with E-state index in [0.29, 0.717) is 11.8 Å². The number of halogens is 3. The van der Waals surface area contributed by atoms with Crippen molar-refractivity contribution in [2.24, 2.45) is 0 Å². The van der Waals surface area contributed by atoms with Crippen molar-refractivity contribution in [3.8, 4) is 0 Å². The molecule has 2 rings (SSSR count). The van der Waals surface area contributed by atoms with Crippen LogP contribution in [0.3, 0.4) is 0 Å². The number of benzene rings is 2. The molecule has 0 unspecified atom stereocenters. The first-order chi connectivity index (χ1) is 9.86. The average Bonchev–Trinajstić information content (AvgIpc) is 2.37. The van der Waals surface area contributed by atoms with Gasteiger partial charge in [0.05, 0.1) is 11.4 Å². The maximum Gasteiger partial charge on any atom is 0.323 e. The van der Waals surface area contributed by atoms with E-state index in [-0.39, 0.29) is 5.69 Å². The average molecular weight is 355 g/mol. The lowest BCUT2D eigenvalue weighted by Crippen LogP contribution is -2.21. The summed E-state index contributed by atoms with van der Waals surface area (Å²) < 4.78 is 27.0. The van der Waals surface area contributed by atoms with E-state index >= 15 is 0 Å². The van der Waals surface area contributed by atoms with Gasteiger partial charge in [0, 0.05) is 10.5 Å². The molecule has 0 aliphatic heterocycles. The highest BCUT2D eigenvalue weighted by molar-refractivity contribution is 9.10. The van der Waals surface area contributed by atoms with Gasteiger partial charge in [0.1, 0.15) is 11.6 Å². The number of hydrogen-bond donors (Lipinski definition) is 2. The first kappa shape index (κ1) is 15.4.